The SMILES string of the molecule is CC[C@@H](C)[C@@H](N)C(=O)C1C=CC(N)C=C1N. The first-order valence-corrected chi connectivity index (χ1v) is 5.67. The van der Waals surface area contributed by atoms with Gasteiger partial charge in [-0.05, 0) is 12.0 Å². The summed E-state index contributed by atoms with van der Waals surface area (Å²) in [6, 6.07) is -0.648. The standard InChI is InChI=1S/C12H21N3O/c1-3-7(2)11(15)12(16)9-5-4-8(13)6-10(9)14/h4-9,11H,3,13-15H2,1-2H3/t7-,8?,9?,11-/m1/s1. The van der Waals surface area contributed by atoms with E-state index in [0.29, 0.717) is 5.70 Å². The van der Waals surface area contributed by atoms with E-state index in [9.17, 15) is 4.79 Å². The van der Waals surface area contributed by atoms with Crippen LogP contribution in [-0.2, 0) is 4.79 Å². The van der Waals surface area contributed by atoms with Crippen molar-refractivity contribution in [1.82, 2.24) is 0 Å². The monoisotopic (exact) mass is 223 g/mol. The molecule has 0 aromatic heterocycles. The fourth-order valence-corrected chi connectivity index (χ4v) is 1.73. The summed E-state index contributed by atoms with van der Waals surface area (Å²) in [5, 5.41) is 0. The van der Waals surface area contributed by atoms with Gasteiger partial charge >= 0.3 is 0 Å². The van der Waals surface area contributed by atoms with Crippen molar-refractivity contribution in [2.24, 2.45) is 29.0 Å². The Bertz CT molecular complexity index is 322. The molecule has 0 radical (unpaired) electrons. The molecular weight excluding hydrogens is 202 g/mol. The second-order valence-electron chi connectivity index (χ2n) is 4.42. The molecule has 0 bridgehead atoms. The molecule has 0 heterocycles. The van der Waals surface area contributed by atoms with Crippen molar-refractivity contribution >= 4 is 5.78 Å². The van der Waals surface area contributed by atoms with Crippen molar-refractivity contribution in [3.63, 3.8) is 0 Å². The molecule has 4 atom stereocenters. The molecule has 0 amide bonds. The van der Waals surface area contributed by atoms with Crippen LogP contribution in [0.25, 0.3) is 0 Å². The molecule has 0 aromatic carbocycles. The van der Waals surface area contributed by atoms with Crippen LogP contribution in [0.4, 0.5) is 0 Å². The summed E-state index contributed by atoms with van der Waals surface area (Å²) in [5.41, 5.74) is 17.9. The lowest BCUT2D eigenvalue weighted by atomic mass is 9.85. The largest absolute Gasteiger partial charge is 0.401 e. The van der Waals surface area contributed by atoms with Crippen LogP contribution in [0.5, 0.6) is 0 Å². The maximum absolute atomic E-state index is 12.1. The van der Waals surface area contributed by atoms with Gasteiger partial charge < -0.3 is 17.2 Å². The number of hydrogen-bond donors (Lipinski definition) is 3. The summed E-state index contributed by atoms with van der Waals surface area (Å²) in [4.78, 5) is 12.1. The van der Waals surface area contributed by atoms with Gasteiger partial charge in [0.1, 0.15) is 0 Å². The fourth-order valence-electron chi connectivity index (χ4n) is 1.73. The molecule has 1 rings (SSSR count). The molecule has 2 unspecified atom stereocenters. The smallest absolute Gasteiger partial charge is 0.162 e. The Morgan fingerprint density at radius 3 is 2.62 bits per heavy atom. The Labute approximate surface area is 96.5 Å². The van der Waals surface area contributed by atoms with Crippen molar-refractivity contribution < 1.29 is 4.79 Å². The molecule has 4 heteroatoms. The van der Waals surface area contributed by atoms with Crippen molar-refractivity contribution in [3.05, 3.63) is 23.9 Å². The van der Waals surface area contributed by atoms with Crippen LogP contribution in [0.1, 0.15) is 20.3 Å². The first-order chi connectivity index (χ1) is 7.47. The summed E-state index contributed by atoms with van der Waals surface area (Å²) in [6.07, 6.45) is 6.12. The normalized spacial score (nSPS) is 28.4. The Morgan fingerprint density at radius 1 is 1.50 bits per heavy atom. The van der Waals surface area contributed by atoms with E-state index < -0.39 is 12.0 Å². The van der Waals surface area contributed by atoms with Crippen LogP contribution >= 0.6 is 0 Å². The Kier molecular flexibility index (Phi) is 4.26. The highest BCUT2D eigenvalue weighted by molar-refractivity contribution is 5.90. The van der Waals surface area contributed by atoms with Crippen molar-refractivity contribution in [3.8, 4) is 0 Å². The van der Waals surface area contributed by atoms with E-state index in [1.165, 1.54) is 0 Å². The van der Waals surface area contributed by atoms with Gasteiger partial charge in [-0.3, -0.25) is 4.79 Å². The quantitative estimate of drug-likeness (QED) is 0.597. The highest BCUT2D eigenvalue weighted by atomic mass is 16.1. The third-order valence-corrected chi connectivity index (χ3v) is 3.16. The number of allylic oxidation sites excluding steroid dienone is 1. The molecule has 6 N–H and O–H groups in total. The van der Waals surface area contributed by atoms with Crippen molar-refractivity contribution in [1.29, 1.82) is 0 Å². The van der Waals surface area contributed by atoms with Gasteiger partial charge in [-0.2, -0.15) is 0 Å². The third-order valence-electron chi connectivity index (χ3n) is 3.16. The molecule has 0 saturated heterocycles. The number of rotatable bonds is 4. The first-order valence-electron chi connectivity index (χ1n) is 5.67. The van der Waals surface area contributed by atoms with Gasteiger partial charge in [0.25, 0.3) is 0 Å². The molecule has 0 spiro atoms. The average Bonchev–Trinajstić information content (AvgIpc) is 2.26. The van der Waals surface area contributed by atoms with Crippen molar-refractivity contribution in [2.75, 3.05) is 0 Å². The zero-order chi connectivity index (χ0) is 12.3. The van der Waals surface area contributed by atoms with Crippen LogP contribution < -0.4 is 17.2 Å². The zero-order valence-corrected chi connectivity index (χ0v) is 9.89. The molecule has 1 aliphatic rings. The maximum atomic E-state index is 12.1. The van der Waals surface area contributed by atoms with Gasteiger partial charge in [0.05, 0.1) is 12.0 Å². The van der Waals surface area contributed by atoms with Crippen molar-refractivity contribution in [2.45, 2.75) is 32.4 Å². The summed E-state index contributed by atoms with van der Waals surface area (Å²) < 4.78 is 0. The first kappa shape index (κ1) is 12.9. The molecule has 4 nitrogen and oxygen atoms in total. The lowest BCUT2D eigenvalue weighted by Gasteiger charge is -2.24. The second kappa shape index (κ2) is 5.27. The van der Waals surface area contributed by atoms with Gasteiger partial charge in [-0.1, -0.05) is 32.4 Å². The van der Waals surface area contributed by atoms with E-state index >= 15 is 0 Å². The average molecular weight is 223 g/mol. The van der Waals surface area contributed by atoms with Gasteiger partial charge in [0, 0.05) is 11.7 Å². The number of Topliss-reactive ketones (excluding diaryl/α,β-unsaturated/α-hetero) is 1. The van der Waals surface area contributed by atoms with E-state index in [2.05, 4.69) is 0 Å². The maximum Gasteiger partial charge on any atom is 0.162 e. The van der Waals surface area contributed by atoms with E-state index in [1.54, 1.807) is 18.2 Å². The van der Waals surface area contributed by atoms with Crippen LogP contribution in [0, 0.1) is 11.8 Å². The molecule has 16 heavy (non-hydrogen) atoms. The highest BCUT2D eigenvalue weighted by Crippen LogP contribution is 2.19. The molecule has 0 saturated carbocycles. The van der Waals surface area contributed by atoms with Gasteiger partial charge in [-0.15, -0.1) is 0 Å². The van der Waals surface area contributed by atoms with Gasteiger partial charge in [-0.25, -0.2) is 0 Å². The minimum Gasteiger partial charge on any atom is -0.401 e. The fraction of sp³-hybridized carbons (Fsp3) is 0.583. The van der Waals surface area contributed by atoms with E-state index in [1.807, 2.05) is 13.8 Å². The summed E-state index contributed by atoms with van der Waals surface area (Å²) in [5.74, 6) is -0.251. The topological polar surface area (TPSA) is 95.1 Å². The number of hydrogen-bond acceptors (Lipinski definition) is 4. The lowest BCUT2D eigenvalue weighted by Crippen LogP contribution is -2.42. The van der Waals surface area contributed by atoms with Gasteiger partial charge in [0.15, 0.2) is 5.78 Å². The van der Waals surface area contributed by atoms with Crippen LogP contribution in [-0.4, -0.2) is 17.9 Å². The Hall–Kier alpha value is -1.13. The van der Waals surface area contributed by atoms with Crippen LogP contribution in [0.3, 0.4) is 0 Å². The molecular formula is C12H21N3O. The van der Waals surface area contributed by atoms with Gasteiger partial charge in [0.2, 0.25) is 0 Å². The van der Waals surface area contributed by atoms with Crippen LogP contribution in [0.15, 0.2) is 23.9 Å². The molecule has 0 aromatic rings. The number of ketones is 1. The van der Waals surface area contributed by atoms with Crippen LogP contribution in [0.2, 0.25) is 0 Å². The molecule has 1 aliphatic carbocycles. The minimum absolute atomic E-state index is 0.0220. The predicted octanol–water partition coefficient (Wildman–Crippen LogP) is 0.285. The van der Waals surface area contributed by atoms with E-state index in [-0.39, 0.29) is 17.7 Å². The zero-order valence-electron chi connectivity index (χ0n) is 9.89. The lowest BCUT2D eigenvalue weighted by molar-refractivity contribution is -0.122. The molecule has 0 aliphatic heterocycles. The highest BCUT2D eigenvalue weighted by Gasteiger charge is 2.28. The number of carbonyl (C=O) groups is 1. The van der Waals surface area contributed by atoms with E-state index in [4.69, 9.17) is 17.2 Å². The number of carbonyl (C=O) groups excluding carboxylic acids is 1. The summed E-state index contributed by atoms with van der Waals surface area (Å²) in [6.45, 7) is 3.99. The summed E-state index contributed by atoms with van der Waals surface area (Å²) in [7, 11) is 0. The summed E-state index contributed by atoms with van der Waals surface area (Å²) >= 11 is 0. The van der Waals surface area contributed by atoms with E-state index in [0.717, 1.165) is 6.42 Å². The molecule has 90 valence electrons. The Morgan fingerprint density at radius 2 is 2.12 bits per heavy atom. The minimum atomic E-state index is -0.457. The Balaban J connectivity index is 2.75. The molecule has 0 fully saturated rings. The number of nitrogens with two attached hydrogens (primary N) is 3. The predicted molar refractivity (Wildman–Crippen MR) is 65.3 cm³/mol. The third kappa shape index (κ3) is 2.71. The second-order valence-corrected chi connectivity index (χ2v) is 4.42.